The van der Waals surface area contributed by atoms with Crippen LogP contribution in [-0.4, -0.2) is 28.5 Å². The lowest BCUT2D eigenvalue weighted by atomic mass is 10.0. The Balaban J connectivity index is 1.66. The monoisotopic (exact) mass is 290 g/mol. The molecule has 20 heavy (non-hydrogen) atoms. The van der Waals surface area contributed by atoms with Crippen LogP contribution in [0.2, 0.25) is 0 Å². The number of nitrogens with zero attached hydrogens (tertiary/aromatic N) is 3. The molecule has 0 bridgehead atoms. The maximum atomic E-state index is 4.89. The second-order valence-corrected chi connectivity index (χ2v) is 7.33. The molecule has 0 spiro atoms. The first-order chi connectivity index (χ1) is 9.72. The third-order valence-corrected chi connectivity index (χ3v) is 5.52. The molecule has 0 amide bonds. The van der Waals surface area contributed by atoms with Gasteiger partial charge in [-0.15, -0.1) is 11.3 Å². The van der Waals surface area contributed by atoms with Gasteiger partial charge in [0.15, 0.2) is 10.8 Å². The van der Waals surface area contributed by atoms with Gasteiger partial charge >= 0.3 is 0 Å². The molecule has 0 radical (unpaired) electrons. The third kappa shape index (κ3) is 2.13. The van der Waals surface area contributed by atoms with E-state index in [9.17, 15) is 0 Å². The second-order valence-electron chi connectivity index (χ2n) is 6.45. The smallest absolute Gasteiger partial charge is 0.195 e. The van der Waals surface area contributed by atoms with Crippen molar-refractivity contribution in [3.8, 4) is 0 Å². The van der Waals surface area contributed by atoms with Crippen molar-refractivity contribution in [2.75, 3.05) is 18.0 Å². The van der Waals surface area contributed by atoms with E-state index in [1.165, 1.54) is 24.4 Å². The Hall–Kier alpha value is -1.07. The van der Waals surface area contributed by atoms with Gasteiger partial charge in [-0.25, -0.2) is 4.98 Å². The number of aromatic nitrogens is 2. The molecule has 1 aliphatic heterocycles. The molecular formula is C15H22N4S. The molecule has 2 unspecified atom stereocenters. The molecule has 1 N–H and O–H groups in total. The summed E-state index contributed by atoms with van der Waals surface area (Å²) in [6, 6.07) is 0.739. The predicted molar refractivity (Wildman–Crippen MR) is 83.5 cm³/mol. The Bertz CT molecular complexity index is 602. The molecule has 0 aromatic carbocycles. The van der Waals surface area contributed by atoms with Crippen LogP contribution in [0.15, 0.2) is 11.6 Å². The van der Waals surface area contributed by atoms with Gasteiger partial charge in [0.25, 0.3) is 0 Å². The summed E-state index contributed by atoms with van der Waals surface area (Å²) in [5.74, 6) is 2.74. The molecule has 2 atom stereocenters. The minimum Gasteiger partial charge on any atom is -0.354 e. The zero-order chi connectivity index (χ0) is 13.7. The Morgan fingerprint density at radius 1 is 1.30 bits per heavy atom. The van der Waals surface area contributed by atoms with E-state index in [2.05, 4.69) is 40.0 Å². The highest BCUT2D eigenvalue weighted by atomic mass is 32.1. The minimum absolute atomic E-state index is 0.739. The number of hydrogen-bond donors (Lipinski definition) is 1. The highest BCUT2D eigenvalue weighted by Gasteiger charge is 2.30. The van der Waals surface area contributed by atoms with Crippen molar-refractivity contribution in [3.05, 3.63) is 17.3 Å². The number of rotatable bonds is 4. The van der Waals surface area contributed by atoms with Gasteiger partial charge in [0, 0.05) is 37.3 Å². The number of nitrogens with one attached hydrogen (secondary N) is 1. The van der Waals surface area contributed by atoms with Crippen molar-refractivity contribution < 1.29 is 0 Å². The van der Waals surface area contributed by atoms with E-state index in [1.807, 2.05) is 0 Å². The lowest BCUT2D eigenvalue weighted by Crippen LogP contribution is -2.24. The van der Waals surface area contributed by atoms with Gasteiger partial charge in [-0.1, -0.05) is 13.8 Å². The molecule has 5 heteroatoms. The fourth-order valence-electron chi connectivity index (χ4n) is 3.07. The van der Waals surface area contributed by atoms with Crippen LogP contribution in [0.25, 0.3) is 4.96 Å². The Morgan fingerprint density at radius 3 is 2.75 bits per heavy atom. The van der Waals surface area contributed by atoms with Crippen LogP contribution in [0.3, 0.4) is 0 Å². The maximum absolute atomic E-state index is 4.89. The Labute approximate surface area is 123 Å². The first kappa shape index (κ1) is 12.7. The standard InChI is InChI=1S/C15H22N4S/c1-10-8-18(9-11(10)2)14-13(7-16-12-3-4-12)19-5-6-20-15(19)17-14/h5-6,10-12,16H,3-4,7-9H2,1-2H3. The fourth-order valence-corrected chi connectivity index (χ4v) is 3.80. The number of anilines is 1. The van der Waals surface area contributed by atoms with Crippen molar-refractivity contribution in [3.63, 3.8) is 0 Å². The molecule has 2 aromatic heterocycles. The molecule has 1 aliphatic carbocycles. The highest BCUT2D eigenvalue weighted by molar-refractivity contribution is 7.15. The average molecular weight is 290 g/mol. The molecule has 108 valence electrons. The van der Waals surface area contributed by atoms with E-state index in [4.69, 9.17) is 4.98 Å². The van der Waals surface area contributed by atoms with Crippen molar-refractivity contribution in [1.82, 2.24) is 14.7 Å². The van der Waals surface area contributed by atoms with Crippen LogP contribution in [-0.2, 0) is 6.54 Å². The summed E-state index contributed by atoms with van der Waals surface area (Å²) in [5, 5.41) is 5.77. The van der Waals surface area contributed by atoms with Crippen LogP contribution in [0.4, 0.5) is 5.82 Å². The van der Waals surface area contributed by atoms with Gasteiger partial charge in [0.05, 0.1) is 5.69 Å². The second kappa shape index (κ2) is 4.74. The van der Waals surface area contributed by atoms with E-state index in [-0.39, 0.29) is 0 Å². The van der Waals surface area contributed by atoms with Crippen molar-refractivity contribution in [2.45, 2.75) is 39.3 Å². The summed E-state index contributed by atoms with van der Waals surface area (Å²) in [6.45, 7) is 7.93. The molecule has 1 saturated carbocycles. The fraction of sp³-hybridized carbons (Fsp3) is 0.667. The summed E-state index contributed by atoms with van der Waals surface area (Å²) in [4.78, 5) is 8.50. The number of fused-ring (bicyclic) bond motifs is 1. The van der Waals surface area contributed by atoms with E-state index < -0.39 is 0 Å². The Kier molecular flexibility index (Phi) is 3.00. The summed E-state index contributed by atoms with van der Waals surface area (Å²) in [5.41, 5.74) is 1.34. The predicted octanol–water partition coefficient (Wildman–Crippen LogP) is 2.74. The SMILES string of the molecule is CC1CN(c2nc3sccn3c2CNC2CC2)CC1C. The van der Waals surface area contributed by atoms with Crippen molar-refractivity contribution >= 4 is 22.1 Å². The summed E-state index contributed by atoms with van der Waals surface area (Å²) in [6.07, 6.45) is 4.82. The van der Waals surface area contributed by atoms with Gasteiger partial charge in [-0.3, -0.25) is 4.40 Å². The minimum atomic E-state index is 0.739. The Morgan fingerprint density at radius 2 is 2.05 bits per heavy atom. The number of imidazole rings is 1. The van der Waals surface area contributed by atoms with Crippen LogP contribution >= 0.6 is 11.3 Å². The normalized spacial score (nSPS) is 26.8. The summed E-state index contributed by atoms with van der Waals surface area (Å²) in [7, 11) is 0. The zero-order valence-electron chi connectivity index (χ0n) is 12.2. The molecule has 3 heterocycles. The lowest BCUT2D eigenvalue weighted by Gasteiger charge is -2.17. The van der Waals surface area contributed by atoms with Gasteiger partial charge in [-0.05, 0) is 24.7 Å². The van der Waals surface area contributed by atoms with Crippen LogP contribution in [0, 0.1) is 11.8 Å². The van der Waals surface area contributed by atoms with E-state index in [1.54, 1.807) is 11.3 Å². The molecule has 4 rings (SSSR count). The van der Waals surface area contributed by atoms with Crippen LogP contribution < -0.4 is 10.2 Å². The quantitative estimate of drug-likeness (QED) is 0.940. The zero-order valence-corrected chi connectivity index (χ0v) is 13.0. The van der Waals surface area contributed by atoms with Crippen molar-refractivity contribution in [1.29, 1.82) is 0 Å². The topological polar surface area (TPSA) is 32.6 Å². The summed E-state index contributed by atoms with van der Waals surface area (Å²) < 4.78 is 2.27. The van der Waals surface area contributed by atoms with Crippen LogP contribution in [0.1, 0.15) is 32.4 Å². The van der Waals surface area contributed by atoms with Gasteiger partial charge in [0.1, 0.15) is 0 Å². The molecule has 4 nitrogen and oxygen atoms in total. The summed E-state index contributed by atoms with van der Waals surface area (Å²) >= 11 is 1.73. The van der Waals surface area contributed by atoms with Crippen molar-refractivity contribution in [2.24, 2.45) is 11.8 Å². The van der Waals surface area contributed by atoms with E-state index >= 15 is 0 Å². The lowest BCUT2D eigenvalue weighted by molar-refractivity contribution is 0.494. The first-order valence-corrected chi connectivity index (χ1v) is 8.53. The number of hydrogen-bond acceptors (Lipinski definition) is 4. The van der Waals surface area contributed by atoms with E-state index in [0.29, 0.717) is 0 Å². The molecule has 2 fully saturated rings. The molecular weight excluding hydrogens is 268 g/mol. The third-order valence-electron chi connectivity index (χ3n) is 4.76. The largest absolute Gasteiger partial charge is 0.354 e. The number of thiazole rings is 1. The van der Waals surface area contributed by atoms with Gasteiger partial charge < -0.3 is 10.2 Å². The van der Waals surface area contributed by atoms with Gasteiger partial charge in [-0.2, -0.15) is 0 Å². The first-order valence-electron chi connectivity index (χ1n) is 7.65. The van der Waals surface area contributed by atoms with Crippen LogP contribution in [0.5, 0.6) is 0 Å². The van der Waals surface area contributed by atoms with E-state index in [0.717, 1.165) is 42.5 Å². The molecule has 2 aromatic rings. The van der Waals surface area contributed by atoms with Gasteiger partial charge in [0.2, 0.25) is 0 Å². The highest BCUT2D eigenvalue weighted by Crippen LogP contribution is 2.32. The molecule has 1 saturated heterocycles. The maximum Gasteiger partial charge on any atom is 0.195 e. The molecule has 2 aliphatic rings. The average Bonchev–Trinajstić information content (AvgIpc) is 2.88.